The Bertz CT molecular complexity index is 243. The first kappa shape index (κ1) is 10.3. The van der Waals surface area contributed by atoms with Crippen LogP contribution in [0.25, 0.3) is 0 Å². The molecule has 0 saturated heterocycles. The molecule has 13 heavy (non-hydrogen) atoms. The van der Waals surface area contributed by atoms with E-state index in [1.807, 2.05) is 0 Å². The second-order valence-corrected chi connectivity index (χ2v) is 4.19. The number of nitrogen functional groups attached to an aromatic ring is 1. The molecule has 1 rings (SSSR count). The lowest BCUT2D eigenvalue weighted by Gasteiger charge is -2.11. The molecule has 1 aromatic heterocycles. The third-order valence-corrected chi connectivity index (χ3v) is 3.00. The molecule has 0 fully saturated rings. The van der Waals surface area contributed by atoms with E-state index in [1.165, 1.54) is 24.2 Å². The van der Waals surface area contributed by atoms with Gasteiger partial charge in [0.2, 0.25) is 0 Å². The summed E-state index contributed by atoms with van der Waals surface area (Å²) in [5.41, 5.74) is 5.57. The molecule has 0 saturated carbocycles. The van der Waals surface area contributed by atoms with Crippen molar-refractivity contribution in [1.29, 1.82) is 0 Å². The van der Waals surface area contributed by atoms with Crippen LogP contribution in [0.2, 0.25) is 0 Å². The van der Waals surface area contributed by atoms with Gasteiger partial charge in [0.15, 0.2) is 5.13 Å². The van der Waals surface area contributed by atoms with E-state index in [9.17, 15) is 0 Å². The van der Waals surface area contributed by atoms with E-state index in [4.69, 9.17) is 5.73 Å². The number of nitrogens with zero attached hydrogens (tertiary/aromatic N) is 1. The Labute approximate surface area is 83.4 Å². The highest BCUT2D eigenvalue weighted by atomic mass is 32.1. The first-order valence-electron chi connectivity index (χ1n) is 4.71. The second kappa shape index (κ2) is 5.07. The largest absolute Gasteiger partial charge is 0.389 e. The van der Waals surface area contributed by atoms with E-state index in [-0.39, 0.29) is 0 Å². The van der Waals surface area contributed by atoms with Crippen molar-refractivity contribution >= 4 is 21.5 Å². The van der Waals surface area contributed by atoms with Crippen molar-refractivity contribution in [2.75, 3.05) is 17.6 Å². The zero-order valence-corrected chi connectivity index (χ0v) is 9.03. The van der Waals surface area contributed by atoms with Crippen molar-refractivity contribution in [3.8, 4) is 0 Å². The molecule has 1 heterocycles. The summed E-state index contributed by atoms with van der Waals surface area (Å²) in [5, 5.41) is 5.00. The second-order valence-electron chi connectivity index (χ2n) is 3.13. The van der Waals surface area contributed by atoms with Crippen molar-refractivity contribution in [3.05, 3.63) is 6.20 Å². The third-order valence-electron chi connectivity index (χ3n) is 2.22. The maximum atomic E-state index is 5.57. The Morgan fingerprint density at radius 2 is 2.23 bits per heavy atom. The van der Waals surface area contributed by atoms with E-state index in [0.717, 1.165) is 22.6 Å². The first-order chi connectivity index (χ1) is 6.26. The SMILES string of the molecule is CCC(CC)CNc1ncc(N)s1. The Hall–Kier alpha value is -0.770. The minimum Gasteiger partial charge on any atom is -0.389 e. The molecule has 1 aromatic rings. The van der Waals surface area contributed by atoms with Crippen LogP contribution in [0, 0.1) is 5.92 Å². The van der Waals surface area contributed by atoms with Gasteiger partial charge in [-0.3, -0.25) is 0 Å². The Balaban J connectivity index is 2.33. The van der Waals surface area contributed by atoms with Gasteiger partial charge in [0.1, 0.15) is 5.00 Å². The summed E-state index contributed by atoms with van der Waals surface area (Å²) >= 11 is 1.51. The summed E-state index contributed by atoms with van der Waals surface area (Å²) in [5.74, 6) is 0.741. The molecule has 74 valence electrons. The Kier molecular flexibility index (Phi) is 4.02. The molecule has 0 aliphatic rings. The topological polar surface area (TPSA) is 50.9 Å². The smallest absolute Gasteiger partial charge is 0.184 e. The van der Waals surface area contributed by atoms with Crippen molar-refractivity contribution in [2.45, 2.75) is 26.7 Å². The molecule has 0 bridgehead atoms. The van der Waals surface area contributed by atoms with E-state index >= 15 is 0 Å². The van der Waals surface area contributed by atoms with Gasteiger partial charge in [-0.1, -0.05) is 38.0 Å². The standard InChI is InChI=1S/C9H17N3S/c1-3-7(4-2)5-11-9-12-6-8(10)13-9/h6-7H,3-5,10H2,1-2H3,(H,11,12). The average Bonchev–Trinajstić information content (AvgIpc) is 2.53. The maximum Gasteiger partial charge on any atom is 0.184 e. The quantitative estimate of drug-likeness (QED) is 0.766. The molecule has 0 unspecified atom stereocenters. The number of nitrogens with one attached hydrogen (secondary N) is 1. The van der Waals surface area contributed by atoms with Gasteiger partial charge in [-0.2, -0.15) is 0 Å². The number of hydrogen-bond donors (Lipinski definition) is 2. The third kappa shape index (κ3) is 3.22. The fraction of sp³-hybridized carbons (Fsp3) is 0.667. The van der Waals surface area contributed by atoms with Crippen LogP contribution in [0.1, 0.15) is 26.7 Å². The average molecular weight is 199 g/mol. The van der Waals surface area contributed by atoms with Crippen LogP contribution in [-0.4, -0.2) is 11.5 Å². The fourth-order valence-electron chi connectivity index (χ4n) is 1.18. The summed E-state index contributed by atoms with van der Waals surface area (Å²) in [6.45, 7) is 5.43. The molecule has 3 N–H and O–H groups in total. The van der Waals surface area contributed by atoms with Gasteiger partial charge in [-0.05, 0) is 5.92 Å². The zero-order chi connectivity index (χ0) is 9.68. The van der Waals surface area contributed by atoms with Gasteiger partial charge in [-0.15, -0.1) is 0 Å². The molecule has 0 aromatic carbocycles. The normalized spacial score (nSPS) is 10.7. The minimum absolute atomic E-state index is 0.741. The minimum atomic E-state index is 0.741. The maximum absolute atomic E-state index is 5.57. The lowest BCUT2D eigenvalue weighted by Crippen LogP contribution is -2.12. The molecule has 3 nitrogen and oxygen atoms in total. The van der Waals surface area contributed by atoms with Crippen LogP contribution in [0.5, 0.6) is 0 Å². The zero-order valence-electron chi connectivity index (χ0n) is 8.21. The van der Waals surface area contributed by atoms with Crippen LogP contribution in [-0.2, 0) is 0 Å². The number of thiazole rings is 1. The molecule has 0 radical (unpaired) electrons. The van der Waals surface area contributed by atoms with Gasteiger partial charge < -0.3 is 11.1 Å². The van der Waals surface area contributed by atoms with Crippen LogP contribution in [0.3, 0.4) is 0 Å². The summed E-state index contributed by atoms with van der Waals surface area (Å²) in [4.78, 5) is 4.14. The van der Waals surface area contributed by atoms with Crippen LogP contribution in [0.15, 0.2) is 6.20 Å². The summed E-state index contributed by atoms with van der Waals surface area (Å²) in [6, 6.07) is 0. The van der Waals surface area contributed by atoms with Crippen molar-refractivity contribution in [3.63, 3.8) is 0 Å². The van der Waals surface area contributed by atoms with Crippen LogP contribution < -0.4 is 11.1 Å². The molecule has 0 atom stereocenters. The highest BCUT2D eigenvalue weighted by molar-refractivity contribution is 7.19. The molecular weight excluding hydrogens is 182 g/mol. The first-order valence-corrected chi connectivity index (χ1v) is 5.53. The van der Waals surface area contributed by atoms with Gasteiger partial charge in [0.05, 0.1) is 6.20 Å². The number of rotatable bonds is 5. The Morgan fingerprint density at radius 3 is 2.69 bits per heavy atom. The monoisotopic (exact) mass is 199 g/mol. The van der Waals surface area contributed by atoms with E-state index in [2.05, 4.69) is 24.1 Å². The summed E-state index contributed by atoms with van der Waals surface area (Å²) < 4.78 is 0. The van der Waals surface area contributed by atoms with E-state index < -0.39 is 0 Å². The molecule has 0 aliphatic carbocycles. The molecule has 0 aliphatic heterocycles. The summed E-state index contributed by atoms with van der Waals surface area (Å²) in [7, 11) is 0. The van der Waals surface area contributed by atoms with Crippen molar-refractivity contribution < 1.29 is 0 Å². The highest BCUT2D eigenvalue weighted by Crippen LogP contribution is 2.20. The lowest BCUT2D eigenvalue weighted by molar-refractivity contribution is 0.519. The van der Waals surface area contributed by atoms with Crippen LogP contribution in [0.4, 0.5) is 10.1 Å². The highest BCUT2D eigenvalue weighted by Gasteiger charge is 2.04. The van der Waals surface area contributed by atoms with Crippen molar-refractivity contribution in [1.82, 2.24) is 4.98 Å². The molecular formula is C9H17N3S. The van der Waals surface area contributed by atoms with Gasteiger partial charge in [-0.25, -0.2) is 4.98 Å². The van der Waals surface area contributed by atoms with Crippen molar-refractivity contribution in [2.24, 2.45) is 5.92 Å². The fourth-order valence-corrected chi connectivity index (χ4v) is 1.77. The van der Waals surface area contributed by atoms with Crippen LogP contribution >= 0.6 is 11.3 Å². The molecule has 4 heteroatoms. The predicted octanol–water partition coefficient (Wildman–Crippen LogP) is 2.57. The number of nitrogens with two attached hydrogens (primary N) is 1. The number of hydrogen-bond acceptors (Lipinski definition) is 4. The van der Waals surface area contributed by atoms with E-state index in [1.54, 1.807) is 6.20 Å². The lowest BCUT2D eigenvalue weighted by atomic mass is 10.0. The molecule has 0 amide bonds. The van der Waals surface area contributed by atoms with Gasteiger partial charge in [0.25, 0.3) is 0 Å². The number of anilines is 2. The summed E-state index contributed by atoms with van der Waals surface area (Å²) in [6.07, 6.45) is 4.12. The Morgan fingerprint density at radius 1 is 1.54 bits per heavy atom. The predicted molar refractivity (Wildman–Crippen MR) is 59.1 cm³/mol. The van der Waals surface area contributed by atoms with Gasteiger partial charge >= 0.3 is 0 Å². The number of aromatic nitrogens is 1. The van der Waals surface area contributed by atoms with E-state index in [0.29, 0.717) is 0 Å². The molecule has 0 spiro atoms. The van der Waals surface area contributed by atoms with Gasteiger partial charge in [0, 0.05) is 6.54 Å².